The zero-order valence-electron chi connectivity index (χ0n) is 9.19. The molecule has 1 fully saturated rings. The Morgan fingerprint density at radius 1 is 1.33 bits per heavy atom. The molecule has 0 spiro atoms. The van der Waals surface area contributed by atoms with E-state index >= 15 is 0 Å². The average Bonchev–Trinajstić information content (AvgIpc) is 2.25. The molecule has 1 aromatic rings. The second-order valence-electron chi connectivity index (χ2n) is 4.58. The van der Waals surface area contributed by atoms with Crippen LogP contribution in [0, 0.1) is 5.92 Å². The van der Waals surface area contributed by atoms with E-state index in [2.05, 4.69) is 36.5 Å². The molecule has 2 nitrogen and oxygen atoms in total. The Morgan fingerprint density at radius 3 is 2.73 bits per heavy atom. The number of aliphatic hydroxyl groups excluding tert-OH is 1. The van der Waals surface area contributed by atoms with Gasteiger partial charge in [-0.05, 0) is 24.3 Å². The zero-order chi connectivity index (χ0) is 10.7. The van der Waals surface area contributed by atoms with Gasteiger partial charge in [-0.3, -0.25) is 0 Å². The van der Waals surface area contributed by atoms with Gasteiger partial charge in [-0.2, -0.15) is 0 Å². The van der Waals surface area contributed by atoms with Crippen LogP contribution in [-0.4, -0.2) is 23.8 Å². The lowest BCUT2D eigenvalue weighted by atomic mass is 9.90. The van der Waals surface area contributed by atoms with Crippen LogP contribution in [0.3, 0.4) is 0 Å². The summed E-state index contributed by atoms with van der Waals surface area (Å²) in [4.78, 5) is 0. The van der Waals surface area contributed by atoms with E-state index in [1.807, 2.05) is 6.07 Å². The normalized spacial score (nSPS) is 31.5. The Balaban J connectivity index is 1.91. The molecule has 1 heterocycles. The Kier molecular flexibility index (Phi) is 3.39. The third-order valence-electron chi connectivity index (χ3n) is 3.24. The summed E-state index contributed by atoms with van der Waals surface area (Å²) < 4.78 is 0. The lowest BCUT2D eigenvalue weighted by molar-refractivity contribution is 0.0691. The van der Waals surface area contributed by atoms with Crippen molar-refractivity contribution in [3.8, 4) is 0 Å². The van der Waals surface area contributed by atoms with Gasteiger partial charge in [0.15, 0.2) is 0 Å². The van der Waals surface area contributed by atoms with Gasteiger partial charge >= 0.3 is 0 Å². The highest BCUT2D eigenvalue weighted by Gasteiger charge is 2.25. The number of benzene rings is 1. The van der Waals surface area contributed by atoms with Crippen molar-refractivity contribution in [3.63, 3.8) is 0 Å². The topological polar surface area (TPSA) is 32.3 Å². The van der Waals surface area contributed by atoms with Gasteiger partial charge in [0.25, 0.3) is 0 Å². The lowest BCUT2D eigenvalue weighted by Crippen LogP contribution is -2.46. The molecule has 0 bridgehead atoms. The molecule has 0 radical (unpaired) electrons. The van der Waals surface area contributed by atoms with Crippen LogP contribution in [0.4, 0.5) is 0 Å². The molecular formula is C13H19NO. The number of rotatable bonds is 2. The van der Waals surface area contributed by atoms with Gasteiger partial charge in [0.05, 0.1) is 6.10 Å². The minimum absolute atomic E-state index is 0.139. The maximum Gasteiger partial charge on any atom is 0.0592 e. The van der Waals surface area contributed by atoms with E-state index in [4.69, 9.17) is 0 Å². The van der Waals surface area contributed by atoms with E-state index in [0.29, 0.717) is 12.0 Å². The number of hydrogen-bond donors (Lipinski definition) is 2. The number of piperidine rings is 1. The molecule has 3 unspecified atom stereocenters. The molecule has 1 aliphatic heterocycles. The molecule has 0 saturated carbocycles. The predicted octanol–water partition coefficient (Wildman–Crippen LogP) is 1.59. The zero-order valence-corrected chi connectivity index (χ0v) is 9.19. The summed E-state index contributed by atoms with van der Waals surface area (Å²) in [6.45, 7) is 3.02. The number of nitrogens with one attached hydrogen (secondary N) is 1. The summed E-state index contributed by atoms with van der Waals surface area (Å²) in [7, 11) is 0. The Hall–Kier alpha value is -0.860. The average molecular weight is 205 g/mol. The fraction of sp³-hybridized carbons (Fsp3) is 0.538. The largest absolute Gasteiger partial charge is 0.393 e. The summed E-state index contributed by atoms with van der Waals surface area (Å²) >= 11 is 0. The number of aliphatic hydroxyl groups is 1. The van der Waals surface area contributed by atoms with Crippen LogP contribution < -0.4 is 5.32 Å². The van der Waals surface area contributed by atoms with Crippen molar-refractivity contribution >= 4 is 0 Å². The predicted molar refractivity (Wildman–Crippen MR) is 61.7 cm³/mol. The van der Waals surface area contributed by atoms with Crippen molar-refractivity contribution in [2.45, 2.75) is 31.9 Å². The fourth-order valence-electron chi connectivity index (χ4n) is 2.15. The van der Waals surface area contributed by atoms with Gasteiger partial charge in [0.2, 0.25) is 0 Å². The molecule has 1 saturated heterocycles. The molecule has 0 amide bonds. The maximum atomic E-state index is 9.79. The Labute approximate surface area is 91.3 Å². The molecule has 1 aromatic carbocycles. The molecule has 2 N–H and O–H groups in total. The van der Waals surface area contributed by atoms with E-state index < -0.39 is 0 Å². The number of hydrogen-bond acceptors (Lipinski definition) is 2. The van der Waals surface area contributed by atoms with Crippen LogP contribution in [0.1, 0.15) is 18.9 Å². The highest BCUT2D eigenvalue weighted by molar-refractivity contribution is 5.16. The summed E-state index contributed by atoms with van der Waals surface area (Å²) in [5, 5.41) is 13.3. The maximum absolute atomic E-state index is 9.79. The summed E-state index contributed by atoms with van der Waals surface area (Å²) in [6.07, 6.45) is 1.75. The molecule has 0 aromatic heterocycles. The summed E-state index contributed by atoms with van der Waals surface area (Å²) in [6, 6.07) is 10.9. The van der Waals surface area contributed by atoms with Crippen molar-refractivity contribution in [2.24, 2.45) is 5.92 Å². The van der Waals surface area contributed by atoms with Gasteiger partial charge in [0.1, 0.15) is 0 Å². The molecular weight excluding hydrogens is 186 g/mol. The molecule has 3 atom stereocenters. The Morgan fingerprint density at radius 2 is 2.07 bits per heavy atom. The Bertz CT molecular complexity index is 299. The molecule has 2 heteroatoms. The fourth-order valence-corrected chi connectivity index (χ4v) is 2.15. The van der Waals surface area contributed by atoms with E-state index in [1.165, 1.54) is 5.56 Å². The highest BCUT2D eigenvalue weighted by atomic mass is 16.3. The smallest absolute Gasteiger partial charge is 0.0592 e. The third-order valence-corrected chi connectivity index (χ3v) is 3.24. The van der Waals surface area contributed by atoms with Crippen molar-refractivity contribution in [1.82, 2.24) is 5.32 Å². The molecule has 1 aliphatic rings. The van der Waals surface area contributed by atoms with Gasteiger partial charge in [-0.15, -0.1) is 0 Å². The van der Waals surface area contributed by atoms with Crippen molar-refractivity contribution in [3.05, 3.63) is 35.9 Å². The van der Waals surface area contributed by atoms with Crippen LogP contribution >= 0.6 is 0 Å². The van der Waals surface area contributed by atoms with Gasteiger partial charge in [0, 0.05) is 12.6 Å². The summed E-state index contributed by atoms with van der Waals surface area (Å²) in [5.41, 5.74) is 1.34. The summed E-state index contributed by atoms with van der Waals surface area (Å²) in [5.74, 6) is 0.386. The second kappa shape index (κ2) is 4.77. The van der Waals surface area contributed by atoms with Crippen LogP contribution in [0.25, 0.3) is 0 Å². The van der Waals surface area contributed by atoms with E-state index in [-0.39, 0.29) is 6.10 Å². The molecule has 15 heavy (non-hydrogen) atoms. The first-order chi connectivity index (χ1) is 7.25. The van der Waals surface area contributed by atoms with E-state index in [0.717, 1.165) is 19.4 Å². The quantitative estimate of drug-likeness (QED) is 0.768. The molecule has 82 valence electrons. The standard InChI is InChI=1S/C13H19NO/c1-10-9-14-12(8-13(10)15)7-11-5-3-2-4-6-11/h2-6,10,12-15H,7-9H2,1H3. The molecule has 2 rings (SSSR count). The van der Waals surface area contributed by atoms with Gasteiger partial charge in [-0.25, -0.2) is 0 Å². The highest BCUT2D eigenvalue weighted by Crippen LogP contribution is 2.17. The van der Waals surface area contributed by atoms with Crippen molar-refractivity contribution < 1.29 is 5.11 Å². The van der Waals surface area contributed by atoms with Gasteiger partial charge < -0.3 is 10.4 Å². The lowest BCUT2D eigenvalue weighted by Gasteiger charge is -2.32. The van der Waals surface area contributed by atoms with Crippen LogP contribution in [0.2, 0.25) is 0 Å². The van der Waals surface area contributed by atoms with Crippen LogP contribution in [0.5, 0.6) is 0 Å². The first-order valence-electron chi connectivity index (χ1n) is 5.71. The van der Waals surface area contributed by atoms with Gasteiger partial charge in [-0.1, -0.05) is 37.3 Å². The molecule has 0 aliphatic carbocycles. The van der Waals surface area contributed by atoms with E-state index in [1.54, 1.807) is 0 Å². The monoisotopic (exact) mass is 205 g/mol. The van der Waals surface area contributed by atoms with Crippen LogP contribution in [-0.2, 0) is 6.42 Å². The minimum Gasteiger partial charge on any atom is -0.393 e. The SMILES string of the molecule is CC1CNC(Cc2ccccc2)CC1O. The van der Waals surface area contributed by atoms with E-state index in [9.17, 15) is 5.11 Å². The van der Waals surface area contributed by atoms with Crippen molar-refractivity contribution in [1.29, 1.82) is 0 Å². The first kappa shape index (κ1) is 10.7. The third kappa shape index (κ3) is 2.80. The second-order valence-corrected chi connectivity index (χ2v) is 4.58. The first-order valence-corrected chi connectivity index (χ1v) is 5.71. The minimum atomic E-state index is -0.139. The van der Waals surface area contributed by atoms with Crippen molar-refractivity contribution in [2.75, 3.05) is 6.54 Å². The van der Waals surface area contributed by atoms with Crippen LogP contribution in [0.15, 0.2) is 30.3 Å².